The van der Waals surface area contributed by atoms with Gasteiger partial charge in [0.15, 0.2) is 6.61 Å². The molecule has 0 aliphatic carbocycles. The van der Waals surface area contributed by atoms with E-state index in [1.165, 1.54) is 18.2 Å². The molecule has 0 aliphatic heterocycles. The maximum Gasteiger partial charge on any atom is 0.271 e. The second kappa shape index (κ2) is 7.65. The van der Waals surface area contributed by atoms with Crippen LogP contribution in [0, 0.1) is 10.1 Å². The topological polar surface area (TPSA) is 84.7 Å². The molecule has 24 heavy (non-hydrogen) atoms. The first-order chi connectivity index (χ1) is 11.4. The molecule has 0 spiro atoms. The number of carbonyl (C=O) groups is 1. The van der Waals surface area contributed by atoms with Gasteiger partial charge in [-0.25, -0.2) is 0 Å². The number of benzene rings is 2. The number of nitro benzene ring substituents is 1. The van der Waals surface area contributed by atoms with E-state index < -0.39 is 4.92 Å². The summed E-state index contributed by atoms with van der Waals surface area (Å²) in [5.41, 5.74) is 1.52. The Morgan fingerprint density at radius 1 is 1.25 bits per heavy atom. The minimum absolute atomic E-state index is 0.0762. The first-order valence-corrected chi connectivity index (χ1v) is 7.38. The number of nitro groups is 1. The van der Waals surface area contributed by atoms with E-state index in [9.17, 15) is 14.9 Å². The highest BCUT2D eigenvalue weighted by Crippen LogP contribution is 2.28. The first-order valence-electron chi connectivity index (χ1n) is 7.01. The summed E-state index contributed by atoms with van der Waals surface area (Å²) < 4.78 is 5.29. The zero-order valence-electron chi connectivity index (χ0n) is 13.2. The lowest BCUT2D eigenvalue weighted by atomic mass is 10.2. The fourth-order valence-corrected chi connectivity index (χ4v) is 2.13. The highest BCUT2D eigenvalue weighted by molar-refractivity contribution is 6.32. The molecule has 8 heteroatoms. The number of hydrogen-bond acceptors (Lipinski definition) is 5. The average Bonchev–Trinajstić information content (AvgIpc) is 2.54. The Hall–Kier alpha value is -2.80. The van der Waals surface area contributed by atoms with Crippen LogP contribution in [-0.2, 0) is 4.79 Å². The monoisotopic (exact) mass is 349 g/mol. The Kier molecular flexibility index (Phi) is 5.59. The van der Waals surface area contributed by atoms with E-state index in [0.29, 0.717) is 5.69 Å². The smallest absolute Gasteiger partial charge is 0.271 e. The van der Waals surface area contributed by atoms with Crippen molar-refractivity contribution in [1.29, 1.82) is 0 Å². The number of nitrogens with one attached hydrogen (secondary N) is 1. The Morgan fingerprint density at radius 3 is 2.46 bits per heavy atom. The number of rotatable bonds is 6. The van der Waals surface area contributed by atoms with Crippen LogP contribution in [-0.4, -0.2) is 31.5 Å². The van der Waals surface area contributed by atoms with Crippen LogP contribution in [0.25, 0.3) is 0 Å². The summed E-state index contributed by atoms with van der Waals surface area (Å²) in [6.07, 6.45) is 0. The molecule has 2 rings (SSSR count). The molecular weight excluding hydrogens is 334 g/mol. The Balaban J connectivity index is 1.92. The van der Waals surface area contributed by atoms with Gasteiger partial charge in [-0.05, 0) is 30.3 Å². The van der Waals surface area contributed by atoms with Crippen molar-refractivity contribution >= 4 is 34.6 Å². The molecule has 0 saturated heterocycles. The third kappa shape index (κ3) is 4.60. The van der Waals surface area contributed by atoms with Crippen LogP contribution in [0.4, 0.5) is 17.1 Å². The maximum absolute atomic E-state index is 11.9. The van der Waals surface area contributed by atoms with Crippen molar-refractivity contribution < 1.29 is 14.5 Å². The molecular formula is C16H16ClN3O4. The largest absolute Gasteiger partial charge is 0.482 e. The molecule has 0 atom stereocenters. The van der Waals surface area contributed by atoms with Gasteiger partial charge in [0, 0.05) is 37.6 Å². The highest BCUT2D eigenvalue weighted by atomic mass is 35.5. The average molecular weight is 350 g/mol. The van der Waals surface area contributed by atoms with Crippen LogP contribution in [0.1, 0.15) is 0 Å². The molecule has 0 bridgehead atoms. The van der Waals surface area contributed by atoms with E-state index in [0.717, 1.165) is 5.69 Å². The molecule has 2 aromatic carbocycles. The lowest BCUT2D eigenvalue weighted by molar-refractivity contribution is -0.384. The van der Waals surface area contributed by atoms with Gasteiger partial charge in [0.05, 0.1) is 9.95 Å². The summed E-state index contributed by atoms with van der Waals surface area (Å²) in [5.74, 6) is -0.151. The summed E-state index contributed by atoms with van der Waals surface area (Å²) >= 11 is 5.90. The molecule has 0 fully saturated rings. The van der Waals surface area contributed by atoms with Crippen molar-refractivity contribution in [3.8, 4) is 5.75 Å². The molecule has 1 N–H and O–H groups in total. The molecule has 126 valence electrons. The standard InChI is InChI=1S/C16H16ClN3O4/c1-19(2)12-5-3-11(4-6-12)18-16(21)10-24-15-8-7-13(20(22)23)9-14(15)17/h3-9H,10H2,1-2H3,(H,18,21). The molecule has 1 amide bonds. The lowest BCUT2D eigenvalue weighted by Gasteiger charge is -2.13. The van der Waals surface area contributed by atoms with Gasteiger partial charge >= 0.3 is 0 Å². The van der Waals surface area contributed by atoms with Crippen molar-refractivity contribution in [2.75, 3.05) is 30.9 Å². The van der Waals surface area contributed by atoms with Crippen molar-refractivity contribution in [3.05, 3.63) is 57.6 Å². The Bertz CT molecular complexity index is 747. The SMILES string of the molecule is CN(C)c1ccc(NC(=O)COc2ccc([N+](=O)[O-])cc2Cl)cc1. The molecule has 0 unspecified atom stereocenters. The Labute approximate surface area is 143 Å². The summed E-state index contributed by atoms with van der Waals surface area (Å²) in [5, 5.41) is 13.4. The summed E-state index contributed by atoms with van der Waals surface area (Å²) in [6.45, 7) is -0.257. The third-order valence-electron chi connectivity index (χ3n) is 3.15. The second-order valence-electron chi connectivity index (χ2n) is 5.15. The van der Waals surface area contributed by atoms with Gasteiger partial charge in [-0.3, -0.25) is 14.9 Å². The fourth-order valence-electron chi connectivity index (χ4n) is 1.90. The van der Waals surface area contributed by atoms with Gasteiger partial charge in [-0.1, -0.05) is 11.6 Å². The zero-order chi connectivity index (χ0) is 17.7. The second-order valence-corrected chi connectivity index (χ2v) is 5.56. The molecule has 0 aromatic heterocycles. The molecule has 0 heterocycles. The van der Waals surface area contributed by atoms with Crippen LogP contribution in [0.5, 0.6) is 5.75 Å². The fraction of sp³-hybridized carbons (Fsp3) is 0.188. The minimum Gasteiger partial charge on any atom is -0.482 e. The van der Waals surface area contributed by atoms with E-state index in [1.54, 1.807) is 12.1 Å². The van der Waals surface area contributed by atoms with E-state index in [4.69, 9.17) is 16.3 Å². The summed E-state index contributed by atoms with van der Waals surface area (Å²) in [7, 11) is 3.85. The molecule has 0 radical (unpaired) electrons. The normalized spacial score (nSPS) is 10.1. The summed E-state index contributed by atoms with van der Waals surface area (Å²) in [6, 6.07) is 11.1. The highest BCUT2D eigenvalue weighted by Gasteiger charge is 2.11. The molecule has 7 nitrogen and oxygen atoms in total. The van der Waals surface area contributed by atoms with Crippen LogP contribution < -0.4 is 15.0 Å². The predicted octanol–water partition coefficient (Wildman–Crippen LogP) is 3.33. The van der Waals surface area contributed by atoms with Crippen LogP contribution in [0.3, 0.4) is 0 Å². The first kappa shape index (κ1) is 17.6. The van der Waals surface area contributed by atoms with Crippen molar-refractivity contribution in [2.24, 2.45) is 0 Å². The molecule has 0 saturated carbocycles. The number of anilines is 2. The number of nitrogens with zero attached hydrogens (tertiary/aromatic N) is 2. The number of amides is 1. The van der Waals surface area contributed by atoms with Crippen LogP contribution in [0.2, 0.25) is 5.02 Å². The zero-order valence-corrected chi connectivity index (χ0v) is 13.9. The van der Waals surface area contributed by atoms with Gasteiger partial charge in [0.2, 0.25) is 0 Å². The van der Waals surface area contributed by atoms with E-state index in [1.807, 2.05) is 31.1 Å². The summed E-state index contributed by atoms with van der Waals surface area (Å²) in [4.78, 5) is 23.9. The number of hydrogen-bond donors (Lipinski definition) is 1. The quantitative estimate of drug-likeness (QED) is 0.638. The van der Waals surface area contributed by atoms with Gasteiger partial charge in [0.1, 0.15) is 5.75 Å². The van der Waals surface area contributed by atoms with E-state index >= 15 is 0 Å². The van der Waals surface area contributed by atoms with Crippen molar-refractivity contribution in [2.45, 2.75) is 0 Å². The van der Waals surface area contributed by atoms with Gasteiger partial charge < -0.3 is 15.0 Å². The van der Waals surface area contributed by atoms with E-state index in [-0.39, 0.29) is 29.0 Å². The van der Waals surface area contributed by atoms with Gasteiger partial charge in [-0.15, -0.1) is 0 Å². The van der Waals surface area contributed by atoms with Gasteiger partial charge in [-0.2, -0.15) is 0 Å². The van der Waals surface area contributed by atoms with Crippen LogP contribution in [0.15, 0.2) is 42.5 Å². The van der Waals surface area contributed by atoms with Gasteiger partial charge in [0.25, 0.3) is 11.6 Å². The predicted molar refractivity (Wildman–Crippen MR) is 93.0 cm³/mol. The Morgan fingerprint density at radius 2 is 1.92 bits per heavy atom. The van der Waals surface area contributed by atoms with Crippen LogP contribution >= 0.6 is 11.6 Å². The van der Waals surface area contributed by atoms with E-state index in [2.05, 4.69) is 5.32 Å². The number of ether oxygens (including phenoxy) is 1. The molecule has 2 aromatic rings. The number of non-ortho nitro benzene ring substituents is 1. The molecule has 0 aliphatic rings. The lowest BCUT2D eigenvalue weighted by Crippen LogP contribution is -2.20. The minimum atomic E-state index is -0.556. The maximum atomic E-state index is 11.9. The number of carbonyl (C=O) groups excluding carboxylic acids is 1. The third-order valence-corrected chi connectivity index (χ3v) is 3.45. The van der Waals surface area contributed by atoms with Crippen molar-refractivity contribution in [1.82, 2.24) is 0 Å². The van der Waals surface area contributed by atoms with Crippen molar-refractivity contribution in [3.63, 3.8) is 0 Å². The number of halogens is 1.